The molecule has 2 aromatic rings. The third-order valence-corrected chi connectivity index (χ3v) is 4.46. The van der Waals surface area contributed by atoms with Gasteiger partial charge in [0.05, 0.1) is 11.4 Å². The minimum atomic E-state index is -3.50. The molecular weight excluding hydrogens is 226 g/mol. The van der Waals surface area contributed by atoms with Crippen molar-refractivity contribution in [3.63, 3.8) is 0 Å². The molecule has 2 rings (SSSR count). The van der Waals surface area contributed by atoms with Gasteiger partial charge in [-0.05, 0) is 26.0 Å². The van der Waals surface area contributed by atoms with E-state index in [9.17, 15) is 8.42 Å². The molecule has 5 nitrogen and oxygen atoms in total. The Labute approximate surface area is 94.4 Å². The molecular formula is C10H13N3O2S. The lowest BCUT2D eigenvalue weighted by molar-refractivity contribution is 0.586. The Morgan fingerprint density at radius 3 is 2.19 bits per heavy atom. The summed E-state index contributed by atoms with van der Waals surface area (Å²) >= 11 is 0. The highest BCUT2D eigenvalue weighted by atomic mass is 32.2. The van der Waals surface area contributed by atoms with E-state index in [-0.39, 0.29) is 4.90 Å². The van der Waals surface area contributed by atoms with E-state index in [0.29, 0.717) is 11.4 Å². The van der Waals surface area contributed by atoms with Gasteiger partial charge < -0.3 is 0 Å². The summed E-state index contributed by atoms with van der Waals surface area (Å²) in [6.07, 6.45) is 3.03. The Bertz CT molecular complexity index is 609. The topological polar surface area (TPSA) is 56.9 Å². The maximum atomic E-state index is 12.3. The molecule has 0 unspecified atom stereocenters. The fourth-order valence-electron chi connectivity index (χ4n) is 1.71. The van der Waals surface area contributed by atoms with Crippen LogP contribution >= 0.6 is 0 Å². The number of rotatable bonds is 2. The van der Waals surface area contributed by atoms with Gasteiger partial charge in [0.25, 0.3) is 10.0 Å². The Kier molecular flexibility index (Phi) is 2.38. The van der Waals surface area contributed by atoms with Crippen molar-refractivity contribution in [3.8, 4) is 0 Å². The lowest BCUT2D eigenvalue weighted by atomic mass is 10.4. The third-order valence-electron chi connectivity index (χ3n) is 2.56. The second-order valence-corrected chi connectivity index (χ2v) is 5.42. The lowest BCUT2D eigenvalue weighted by Crippen LogP contribution is -2.12. The van der Waals surface area contributed by atoms with Crippen LogP contribution in [-0.2, 0) is 17.1 Å². The number of hydrogen-bond donors (Lipinski definition) is 0. The zero-order valence-corrected chi connectivity index (χ0v) is 10.2. The van der Waals surface area contributed by atoms with E-state index in [1.165, 1.54) is 16.4 Å². The molecule has 6 heteroatoms. The Morgan fingerprint density at radius 1 is 1.19 bits per heavy atom. The van der Waals surface area contributed by atoms with Crippen molar-refractivity contribution in [2.75, 3.05) is 0 Å². The smallest absolute Gasteiger partial charge is 0.271 e. The molecule has 2 heterocycles. The first kappa shape index (κ1) is 10.9. The Hall–Kier alpha value is -1.56. The summed E-state index contributed by atoms with van der Waals surface area (Å²) in [4.78, 5) is 0.284. The van der Waals surface area contributed by atoms with Crippen LogP contribution < -0.4 is 0 Å². The van der Waals surface area contributed by atoms with Crippen LogP contribution in [-0.4, -0.2) is 22.2 Å². The molecule has 0 saturated heterocycles. The molecule has 0 aliphatic rings. The van der Waals surface area contributed by atoms with Crippen molar-refractivity contribution in [3.05, 3.63) is 35.9 Å². The van der Waals surface area contributed by atoms with E-state index in [4.69, 9.17) is 0 Å². The predicted octanol–water partition coefficient (Wildman–Crippen LogP) is 1.08. The normalized spacial score (nSPS) is 11.9. The average molecular weight is 239 g/mol. The van der Waals surface area contributed by atoms with E-state index >= 15 is 0 Å². The van der Waals surface area contributed by atoms with Crippen LogP contribution in [0.1, 0.15) is 11.4 Å². The van der Waals surface area contributed by atoms with Crippen LogP contribution in [0.15, 0.2) is 29.4 Å². The Balaban J connectivity index is 2.70. The highest BCUT2D eigenvalue weighted by molar-refractivity contribution is 7.90. The minimum Gasteiger partial charge on any atom is -0.271 e. The molecule has 86 valence electrons. The number of hydrogen-bond acceptors (Lipinski definition) is 3. The standard InChI is InChI=1S/C10H13N3O2S/c1-8-10(9(2)12(3)11-8)16(14,15)13-6-4-5-7-13/h4-7H,1-3H3. The quantitative estimate of drug-likeness (QED) is 0.787. The van der Waals surface area contributed by atoms with Gasteiger partial charge in [-0.25, -0.2) is 12.4 Å². The molecule has 2 aromatic heterocycles. The van der Waals surface area contributed by atoms with Crippen LogP contribution in [0.3, 0.4) is 0 Å². The molecule has 16 heavy (non-hydrogen) atoms. The van der Waals surface area contributed by atoms with Crippen molar-refractivity contribution in [2.24, 2.45) is 7.05 Å². The number of aromatic nitrogens is 3. The van der Waals surface area contributed by atoms with Gasteiger partial charge in [-0.3, -0.25) is 4.68 Å². The molecule has 0 aliphatic heterocycles. The predicted molar refractivity (Wildman–Crippen MR) is 59.7 cm³/mol. The molecule has 0 saturated carbocycles. The maximum absolute atomic E-state index is 12.3. The zero-order valence-electron chi connectivity index (χ0n) is 9.38. The average Bonchev–Trinajstić information content (AvgIpc) is 2.76. The fraction of sp³-hybridized carbons (Fsp3) is 0.300. The van der Waals surface area contributed by atoms with Gasteiger partial charge in [-0.15, -0.1) is 0 Å². The SMILES string of the molecule is Cc1nn(C)c(C)c1S(=O)(=O)n1cccc1. The highest BCUT2D eigenvalue weighted by Crippen LogP contribution is 2.21. The molecule has 0 N–H and O–H groups in total. The van der Waals surface area contributed by atoms with Crippen LogP contribution in [0.4, 0.5) is 0 Å². The monoisotopic (exact) mass is 239 g/mol. The minimum absolute atomic E-state index is 0.284. The van der Waals surface area contributed by atoms with Gasteiger partial charge in [0.2, 0.25) is 0 Å². The van der Waals surface area contributed by atoms with Gasteiger partial charge in [-0.1, -0.05) is 0 Å². The van der Waals surface area contributed by atoms with E-state index in [1.54, 1.807) is 37.7 Å². The second kappa shape index (κ2) is 3.48. The van der Waals surface area contributed by atoms with Crippen molar-refractivity contribution in [2.45, 2.75) is 18.7 Å². The van der Waals surface area contributed by atoms with Crippen LogP contribution in [0.2, 0.25) is 0 Å². The van der Waals surface area contributed by atoms with Crippen molar-refractivity contribution in [1.82, 2.24) is 13.8 Å². The molecule has 0 aromatic carbocycles. The molecule has 0 fully saturated rings. The second-order valence-electron chi connectivity index (χ2n) is 3.64. The molecule has 0 bridgehead atoms. The maximum Gasteiger partial charge on any atom is 0.271 e. The van der Waals surface area contributed by atoms with Crippen molar-refractivity contribution in [1.29, 1.82) is 0 Å². The van der Waals surface area contributed by atoms with Crippen molar-refractivity contribution < 1.29 is 8.42 Å². The van der Waals surface area contributed by atoms with Crippen LogP contribution in [0, 0.1) is 13.8 Å². The van der Waals surface area contributed by atoms with Gasteiger partial charge in [0.15, 0.2) is 0 Å². The van der Waals surface area contributed by atoms with Gasteiger partial charge >= 0.3 is 0 Å². The highest BCUT2D eigenvalue weighted by Gasteiger charge is 2.24. The van der Waals surface area contributed by atoms with Gasteiger partial charge in [0, 0.05) is 19.4 Å². The van der Waals surface area contributed by atoms with Gasteiger partial charge in [-0.2, -0.15) is 5.10 Å². The summed E-state index contributed by atoms with van der Waals surface area (Å²) < 4.78 is 27.3. The first-order chi connectivity index (χ1) is 7.44. The number of aryl methyl sites for hydroxylation is 2. The lowest BCUT2D eigenvalue weighted by Gasteiger charge is -2.05. The first-order valence-electron chi connectivity index (χ1n) is 4.83. The molecule has 0 amide bonds. The Morgan fingerprint density at radius 2 is 1.75 bits per heavy atom. The van der Waals surface area contributed by atoms with E-state index < -0.39 is 10.0 Å². The van der Waals surface area contributed by atoms with E-state index in [0.717, 1.165) is 0 Å². The zero-order chi connectivity index (χ0) is 11.9. The van der Waals surface area contributed by atoms with Crippen LogP contribution in [0.5, 0.6) is 0 Å². The summed E-state index contributed by atoms with van der Waals surface area (Å²) in [5.74, 6) is 0. The van der Waals surface area contributed by atoms with E-state index in [2.05, 4.69) is 5.10 Å². The van der Waals surface area contributed by atoms with Gasteiger partial charge in [0.1, 0.15) is 4.90 Å². The molecule has 0 atom stereocenters. The summed E-state index contributed by atoms with van der Waals surface area (Å²) in [6, 6.07) is 3.36. The first-order valence-corrected chi connectivity index (χ1v) is 6.27. The summed E-state index contributed by atoms with van der Waals surface area (Å²) in [7, 11) is -1.77. The van der Waals surface area contributed by atoms with Crippen molar-refractivity contribution >= 4 is 10.0 Å². The summed E-state index contributed by atoms with van der Waals surface area (Å²) in [5, 5.41) is 4.11. The molecule has 0 radical (unpaired) electrons. The third kappa shape index (κ3) is 1.46. The number of nitrogens with zero attached hydrogens (tertiary/aromatic N) is 3. The molecule has 0 spiro atoms. The molecule has 0 aliphatic carbocycles. The largest absolute Gasteiger partial charge is 0.271 e. The fourth-order valence-corrected chi connectivity index (χ4v) is 3.30. The van der Waals surface area contributed by atoms with Crippen LogP contribution in [0.25, 0.3) is 0 Å². The summed E-state index contributed by atoms with van der Waals surface area (Å²) in [6.45, 7) is 3.44. The summed E-state index contributed by atoms with van der Waals surface area (Å²) in [5.41, 5.74) is 1.17. The van der Waals surface area contributed by atoms with E-state index in [1.807, 2.05) is 0 Å².